The van der Waals surface area contributed by atoms with E-state index in [4.69, 9.17) is 4.74 Å². The number of hydrogen-bond donors (Lipinski definition) is 1. The SMILES string of the molecule is COc1ccc(/C=N/c2ccc(C)cc2)c(O)c1. The summed E-state index contributed by atoms with van der Waals surface area (Å²) in [7, 11) is 1.56. The fourth-order valence-corrected chi connectivity index (χ4v) is 1.53. The van der Waals surface area contributed by atoms with Crippen molar-refractivity contribution in [3.05, 3.63) is 53.6 Å². The number of benzene rings is 2. The zero-order valence-electron chi connectivity index (χ0n) is 10.4. The first kappa shape index (κ1) is 12.2. The lowest BCUT2D eigenvalue weighted by atomic mass is 10.2. The van der Waals surface area contributed by atoms with Crippen LogP contribution in [0.3, 0.4) is 0 Å². The summed E-state index contributed by atoms with van der Waals surface area (Å²) in [6.45, 7) is 2.03. The van der Waals surface area contributed by atoms with Crippen LogP contribution in [0, 0.1) is 6.92 Å². The second-order valence-electron chi connectivity index (χ2n) is 4.02. The minimum Gasteiger partial charge on any atom is -0.507 e. The third-order valence-corrected chi connectivity index (χ3v) is 2.62. The normalized spacial score (nSPS) is 10.8. The van der Waals surface area contributed by atoms with Crippen LogP contribution in [0.25, 0.3) is 0 Å². The van der Waals surface area contributed by atoms with E-state index in [0.29, 0.717) is 11.3 Å². The highest BCUT2D eigenvalue weighted by atomic mass is 16.5. The van der Waals surface area contributed by atoms with Crippen LogP contribution in [0.2, 0.25) is 0 Å². The minimum atomic E-state index is 0.158. The Hall–Kier alpha value is -2.29. The Labute approximate surface area is 106 Å². The molecule has 2 aromatic carbocycles. The maximum absolute atomic E-state index is 9.77. The number of phenols is 1. The molecule has 3 heteroatoms. The molecule has 0 aromatic heterocycles. The molecule has 0 aliphatic heterocycles. The zero-order chi connectivity index (χ0) is 13.0. The van der Waals surface area contributed by atoms with Crippen LogP contribution in [0.4, 0.5) is 5.69 Å². The highest BCUT2D eigenvalue weighted by molar-refractivity contribution is 5.85. The number of aliphatic imine (C=N–C) groups is 1. The van der Waals surface area contributed by atoms with Gasteiger partial charge in [-0.3, -0.25) is 4.99 Å². The van der Waals surface area contributed by atoms with E-state index in [0.717, 1.165) is 5.69 Å². The molecule has 0 heterocycles. The Morgan fingerprint density at radius 3 is 2.44 bits per heavy atom. The number of aryl methyl sites for hydroxylation is 1. The van der Waals surface area contributed by atoms with Gasteiger partial charge in [0.15, 0.2) is 0 Å². The Morgan fingerprint density at radius 1 is 1.11 bits per heavy atom. The summed E-state index contributed by atoms with van der Waals surface area (Å²) in [5.74, 6) is 0.783. The fraction of sp³-hybridized carbons (Fsp3) is 0.133. The monoisotopic (exact) mass is 241 g/mol. The Bertz CT molecular complexity index is 559. The third kappa shape index (κ3) is 2.88. The zero-order valence-corrected chi connectivity index (χ0v) is 10.4. The first-order valence-electron chi connectivity index (χ1n) is 5.67. The first-order chi connectivity index (χ1) is 8.69. The van der Waals surface area contributed by atoms with E-state index in [-0.39, 0.29) is 5.75 Å². The first-order valence-corrected chi connectivity index (χ1v) is 5.67. The van der Waals surface area contributed by atoms with Gasteiger partial charge in [-0.05, 0) is 31.2 Å². The number of hydrogen-bond acceptors (Lipinski definition) is 3. The quantitative estimate of drug-likeness (QED) is 0.836. The van der Waals surface area contributed by atoms with Gasteiger partial charge in [0.2, 0.25) is 0 Å². The Morgan fingerprint density at radius 2 is 1.83 bits per heavy atom. The van der Waals surface area contributed by atoms with Gasteiger partial charge in [0.05, 0.1) is 12.8 Å². The van der Waals surface area contributed by atoms with Gasteiger partial charge in [-0.2, -0.15) is 0 Å². The van der Waals surface area contributed by atoms with Gasteiger partial charge in [0, 0.05) is 17.8 Å². The van der Waals surface area contributed by atoms with E-state index < -0.39 is 0 Å². The van der Waals surface area contributed by atoms with Gasteiger partial charge < -0.3 is 9.84 Å². The molecule has 0 amide bonds. The highest BCUT2D eigenvalue weighted by Crippen LogP contribution is 2.22. The molecule has 3 nitrogen and oxygen atoms in total. The molecule has 2 rings (SSSR count). The molecule has 0 spiro atoms. The Kier molecular flexibility index (Phi) is 3.63. The maximum atomic E-state index is 9.77. The lowest BCUT2D eigenvalue weighted by Gasteiger charge is -2.02. The standard InChI is InChI=1S/C15H15NO2/c1-11-3-6-13(7-4-11)16-10-12-5-8-14(18-2)9-15(12)17/h3-10,17H,1-2H3/b16-10+. The summed E-state index contributed by atoms with van der Waals surface area (Å²) in [6.07, 6.45) is 1.64. The number of ether oxygens (including phenoxy) is 1. The van der Waals surface area contributed by atoms with E-state index in [2.05, 4.69) is 4.99 Å². The van der Waals surface area contributed by atoms with Crippen LogP contribution in [-0.2, 0) is 0 Å². The van der Waals surface area contributed by atoms with Crippen molar-refractivity contribution in [3.63, 3.8) is 0 Å². The molecule has 0 saturated carbocycles. The van der Waals surface area contributed by atoms with Crippen LogP contribution in [0.5, 0.6) is 11.5 Å². The molecule has 1 N–H and O–H groups in total. The van der Waals surface area contributed by atoms with Gasteiger partial charge in [0.1, 0.15) is 11.5 Å². The number of methoxy groups -OCH3 is 1. The van der Waals surface area contributed by atoms with Crippen molar-refractivity contribution in [1.29, 1.82) is 0 Å². The predicted molar refractivity (Wildman–Crippen MR) is 73.1 cm³/mol. The third-order valence-electron chi connectivity index (χ3n) is 2.62. The smallest absolute Gasteiger partial charge is 0.128 e. The predicted octanol–water partition coefficient (Wildman–Crippen LogP) is 3.46. The largest absolute Gasteiger partial charge is 0.507 e. The van der Waals surface area contributed by atoms with Crippen molar-refractivity contribution in [2.75, 3.05) is 7.11 Å². The summed E-state index contributed by atoms with van der Waals surface area (Å²) in [5, 5.41) is 9.77. The topological polar surface area (TPSA) is 41.8 Å². The minimum absolute atomic E-state index is 0.158. The van der Waals surface area contributed by atoms with Crippen LogP contribution in [-0.4, -0.2) is 18.4 Å². The van der Waals surface area contributed by atoms with Crippen molar-refractivity contribution in [3.8, 4) is 11.5 Å². The lowest BCUT2D eigenvalue weighted by Crippen LogP contribution is -1.86. The summed E-state index contributed by atoms with van der Waals surface area (Å²) < 4.78 is 5.02. The van der Waals surface area contributed by atoms with E-state index in [9.17, 15) is 5.11 Å². The number of aromatic hydroxyl groups is 1. The van der Waals surface area contributed by atoms with Crippen molar-refractivity contribution in [1.82, 2.24) is 0 Å². The maximum Gasteiger partial charge on any atom is 0.128 e. The van der Waals surface area contributed by atoms with E-state index >= 15 is 0 Å². The molecule has 92 valence electrons. The van der Waals surface area contributed by atoms with Gasteiger partial charge in [-0.25, -0.2) is 0 Å². The molecule has 0 atom stereocenters. The number of phenolic OH excluding ortho intramolecular Hbond substituents is 1. The van der Waals surface area contributed by atoms with Gasteiger partial charge in [-0.15, -0.1) is 0 Å². The van der Waals surface area contributed by atoms with Crippen molar-refractivity contribution in [2.24, 2.45) is 4.99 Å². The number of nitrogens with zero attached hydrogens (tertiary/aromatic N) is 1. The van der Waals surface area contributed by atoms with Gasteiger partial charge in [0.25, 0.3) is 0 Å². The van der Waals surface area contributed by atoms with Crippen molar-refractivity contribution >= 4 is 11.9 Å². The molecule has 0 bridgehead atoms. The highest BCUT2D eigenvalue weighted by Gasteiger charge is 2.00. The molecule has 0 unspecified atom stereocenters. The molecular formula is C15H15NO2. The van der Waals surface area contributed by atoms with Crippen molar-refractivity contribution in [2.45, 2.75) is 6.92 Å². The molecule has 18 heavy (non-hydrogen) atoms. The van der Waals surface area contributed by atoms with E-state index in [1.807, 2.05) is 31.2 Å². The van der Waals surface area contributed by atoms with Gasteiger partial charge >= 0.3 is 0 Å². The molecule has 0 saturated heterocycles. The second-order valence-corrected chi connectivity index (χ2v) is 4.02. The lowest BCUT2D eigenvalue weighted by molar-refractivity contribution is 0.407. The molecule has 2 aromatic rings. The summed E-state index contributed by atoms with van der Waals surface area (Å²) in [5.41, 5.74) is 2.72. The Balaban J connectivity index is 2.20. The van der Waals surface area contributed by atoms with E-state index in [1.54, 1.807) is 31.5 Å². The van der Waals surface area contributed by atoms with E-state index in [1.165, 1.54) is 5.56 Å². The van der Waals surface area contributed by atoms with Gasteiger partial charge in [-0.1, -0.05) is 17.7 Å². The molecular weight excluding hydrogens is 226 g/mol. The number of rotatable bonds is 3. The molecule has 0 radical (unpaired) electrons. The average Bonchev–Trinajstić information content (AvgIpc) is 2.39. The molecule has 0 aliphatic carbocycles. The fourth-order valence-electron chi connectivity index (χ4n) is 1.53. The van der Waals surface area contributed by atoms with Crippen LogP contribution < -0.4 is 4.74 Å². The van der Waals surface area contributed by atoms with Crippen LogP contribution in [0.15, 0.2) is 47.5 Å². The summed E-state index contributed by atoms with van der Waals surface area (Å²) >= 11 is 0. The molecule has 0 aliphatic rings. The average molecular weight is 241 g/mol. The van der Waals surface area contributed by atoms with Crippen LogP contribution in [0.1, 0.15) is 11.1 Å². The molecule has 0 fully saturated rings. The second kappa shape index (κ2) is 5.36. The summed E-state index contributed by atoms with van der Waals surface area (Å²) in [6, 6.07) is 13.0. The van der Waals surface area contributed by atoms with Crippen LogP contribution >= 0.6 is 0 Å². The summed E-state index contributed by atoms with van der Waals surface area (Å²) in [4.78, 5) is 4.31. The van der Waals surface area contributed by atoms with Crippen molar-refractivity contribution < 1.29 is 9.84 Å².